The average Bonchev–Trinajstić information content (AvgIpc) is 2.92. The van der Waals surface area contributed by atoms with Gasteiger partial charge < -0.3 is 10.9 Å². The molecule has 0 bridgehead atoms. The molecule has 0 atom stereocenters. The van der Waals surface area contributed by atoms with Gasteiger partial charge in [-0.3, -0.25) is 4.72 Å². The Labute approximate surface area is 122 Å². The van der Waals surface area contributed by atoms with Crippen LogP contribution in [0.3, 0.4) is 0 Å². The van der Waals surface area contributed by atoms with Crippen LogP contribution in [0.4, 0.5) is 5.69 Å². The van der Waals surface area contributed by atoms with Gasteiger partial charge >= 0.3 is 10.2 Å². The molecule has 0 unspecified atom stereocenters. The molecule has 0 amide bonds. The van der Waals surface area contributed by atoms with Gasteiger partial charge in [0.2, 0.25) is 0 Å². The highest BCUT2D eigenvalue weighted by Crippen LogP contribution is 2.24. The second-order valence-corrected chi connectivity index (χ2v) is 6.50. The number of rotatable bonds is 4. The molecule has 0 radical (unpaired) electrons. The molecule has 20 heavy (non-hydrogen) atoms. The van der Waals surface area contributed by atoms with Gasteiger partial charge in [0.25, 0.3) is 0 Å². The smallest absolute Gasteiger partial charge is 0.301 e. The van der Waals surface area contributed by atoms with Crippen LogP contribution in [0.15, 0.2) is 23.4 Å². The average molecular weight is 319 g/mol. The number of nitrogens with two attached hydrogens (primary N) is 1. The highest BCUT2D eigenvalue weighted by Gasteiger charge is 2.26. The van der Waals surface area contributed by atoms with Crippen LogP contribution in [0, 0.1) is 0 Å². The zero-order chi connectivity index (χ0) is 14.8. The summed E-state index contributed by atoms with van der Waals surface area (Å²) in [6.45, 7) is 0.962. The Kier molecular flexibility index (Phi) is 4.36. The molecule has 7 nitrogen and oxygen atoms in total. The molecule has 2 rings (SSSR count). The summed E-state index contributed by atoms with van der Waals surface area (Å²) in [5.74, 6) is -0.194. The number of halogens is 1. The van der Waals surface area contributed by atoms with Gasteiger partial charge in [0, 0.05) is 23.7 Å². The summed E-state index contributed by atoms with van der Waals surface area (Å²) >= 11 is 5.86. The maximum Gasteiger partial charge on any atom is 0.301 e. The Morgan fingerprint density at radius 1 is 1.40 bits per heavy atom. The van der Waals surface area contributed by atoms with E-state index in [4.69, 9.17) is 22.5 Å². The lowest BCUT2D eigenvalue weighted by molar-refractivity contribution is 0.318. The first kappa shape index (κ1) is 14.9. The van der Waals surface area contributed by atoms with Crippen molar-refractivity contribution >= 4 is 33.3 Å². The second kappa shape index (κ2) is 5.86. The number of anilines is 1. The number of oxime groups is 1. The van der Waals surface area contributed by atoms with E-state index in [-0.39, 0.29) is 17.1 Å². The van der Waals surface area contributed by atoms with Crippen molar-refractivity contribution in [3.8, 4) is 0 Å². The highest BCUT2D eigenvalue weighted by molar-refractivity contribution is 7.90. The van der Waals surface area contributed by atoms with E-state index in [0.29, 0.717) is 18.1 Å². The number of hydrogen-bond donors (Lipinski definition) is 3. The normalized spacial score (nSPS) is 17.4. The molecule has 1 fully saturated rings. The van der Waals surface area contributed by atoms with Crippen molar-refractivity contribution in [3.63, 3.8) is 0 Å². The maximum atomic E-state index is 12.2. The van der Waals surface area contributed by atoms with Crippen molar-refractivity contribution in [3.05, 3.63) is 28.8 Å². The standard InChI is InChI=1S/C11H15ClN4O3S/c12-8-3-4-9(11(13)14-17)10(7-8)15-20(18,19)16-5-1-2-6-16/h3-4,7,15,17H,1-2,5-6H2,(H2,13,14). The molecule has 1 aromatic carbocycles. The minimum atomic E-state index is -3.66. The number of nitrogens with one attached hydrogen (secondary N) is 1. The summed E-state index contributed by atoms with van der Waals surface area (Å²) in [5.41, 5.74) is 5.97. The van der Waals surface area contributed by atoms with E-state index in [2.05, 4.69) is 9.88 Å². The van der Waals surface area contributed by atoms with Gasteiger partial charge in [0.1, 0.15) is 0 Å². The fourth-order valence-electron chi connectivity index (χ4n) is 2.01. The van der Waals surface area contributed by atoms with Crippen molar-refractivity contribution in [2.24, 2.45) is 10.9 Å². The molecule has 1 heterocycles. The Morgan fingerprint density at radius 3 is 2.65 bits per heavy atom. The van der Waals surface area contributed by atoms with Gasteiger partial charge in [0.15, 0.2) is 5.84 Å². The fraction of sp³-hybridized carbons (Fsp3) is 0.364. The van der Waals surface area contributed by atoms with Crippen LogP contribution in [0.1, 0.15) is 18.4 Å². The topological polar surface area (TPSA) is 108 Å². The van der Waals surface area contributed by atoms with Gasteiger partial charge in [0.05, 0.1) is 5.69 Å². The van der Waals surface area contributed by atoms with Crippen LogP contribution >= 0.6 is 11.6 Å². The predicted octanol–water partition coefficient (Wildman–Crippen LogP) is 1.19. The molecule has 110 valence electrons. The molecule has 9 heteroatoms. The van der Waals surface area contributed by atoms with Crippen LogP contribution < -0.4 is 10.5 Å². The van der Waals surface area contributed by atoms with Crippen molar-refractivity contribution < 1.29 is 13.6 Å². The van der Waals surface area contributed by atoms with Gasteiger partial charge in [-0.25, -0.2) is 0 Å². The summed E-state index contributed by atoms with van der Waals surface area (Å²) in [5, 5.41) is 12.0. The Morgan fingerprint density at radius 2 is 2.05 bits per heavy atom. The third kappa shape index (κ3) is 3.14. The van der Waals surface area contributed by atoms with Crippen LogP contribution in [0.2, 0.25) is 5.02 Å². The van der Waals surface area contributed by atoms with Crippen molar-refractivity contribution in [1.29, 1.82) is 0 Å². The largest absolute Gasteiger partial charge is 0.409 e. The van der Waals surface area contributed by atoms with Crippen LogP contribution in [0.5, 0.6) is 0 Å². The third-order valence-electron chi connectivity index (χ3n) is 3.01. The van der Waals surface area contributed by atoms with Crippen LogP contribution in [-0.2, 0) is 10.2 Å². The van der Waals surface area contributed by atoms with E-state index in [1.165, 1.54) is 22.5 Å². The molecule has 0 saturated carbocycles. The summed E-state index contributed by atoms with van der Waals surface area (Å²) in [7, 11) is -3.66. The molecular formula is C11H15ClN4O3S. The molecule has 0 spiro atoms. The SMILES string of the molecule is NC(=NO)c1ccc(Cl)cc1NS(=O)(=O)N1CCCC1. The van der Waals surface area contributed by atoms with E-state index in [1.54, 1.807) is 0 Å². The number of benzene rings is 1. The highest BCUT2D eigenvalue weighted by atomic mass is 35.5. The van der Waals surface area contributed by atoms with Crippen molar-refractivity contribution in [2.75, 3.05) is 17.8 Å². The van der Waals surface area contributed by atoms with Crippen molar-refractivity contribution in [1.82, 2.24) is 4.31 Å². The minimum absolute atomic E-state index is 0.180. The molecule has 0 aliphatic carbocycles. The summed E-state index contributed by atoms with van der Waals surface area (Å²) in [4.78, 5) is 0. The van der Waals surface area contributed by atoms with E-state index in [0.717, 1.165) is 12.8 Å². The molecule has 0 aromatic heterocycles. The summed E-state index contributed by atoms with van der Waals surface area (Å²) < 4.78 is 28.2. The monoisotopic (exact) mass is 318 g/mol. The lowest BCUT2D eigenvalue weighted by Crippen LogP contribution is -2.34. The first-order chi connectivity index (χ1) is 9.44. The Hall–Kier alpha value is -1.51. The zero-order valence-corrected chi connectivity index (χ0v) is 12.2. The first-order valence-electron chi connectivity index (χ1n) is 5.99. The minimum Gasteiger partial charge on any atom is -0.409 e. The number of amidine groups is 1. The summed E-state index contributed by atoms with van der Waals surface area (Å²) in [6.07, 6.45) is 1.67. The second-order valence-electron chi connectivity index (χ2n) is 4.39. The maximum absolute atomic E-state index is 12.2. The fourth-order valence-corrected chi connectivity index (χ4v) is 3.50. The quantitative estimate of drug-likeness (QED) is 0.335. The lowest BCUT2D eigenvalue weighted by Gasteiger charge is -2.18. The number of hydrogen-bond acceptors (Lipinski definition) is 4. The van der Waals surface area contributed by atoms with E-state index >= 15 is 0 Å². The van der Waals surface area contributed by atoms with E-state index < -0.39 is 10.2 Å². The number of nitrogens with zero attached hydrogens (tertiary/aromatic N) is 2. The Balaban J connectivity index is 2.35. The summed E-state index contributed by atoms with van der Waals surface area (Å²) in [6, 6.07) is 4.43. The molecule has 1 aromatic rings. The van der Waals surface area contributed by atoms with Crippen LogP contribution in [-0.4, -0.2) is 36.9 Å². The van der Waals surface area contributed by atoms with Gasteiger partial charge in [-0.2, -0.15) is 12.7 Å². The third-order valence-corrected chi connectivity index (χ3v) is 4.77. The first-order valence-corrected chi connectivity index (χ1v) is 7.81. The van der Waals surface area contributed by atoms with Crippen molar-refractivity contribution in [2.45, 2.75) is 12.8 Å². The molecule has 4 N–H and O–H groups in total. The Bertz CT molecular complexity index is 627. The zero-order valence-electron chi connectivity index (χ0n) is 10.6. The molecular weight excluding hydrogens is 304 g/mol. The van der Waals surface area contributed by atoms with Gasteiger partial charge in [-0.05, 0) is 31.0 Å². The van der Waals surface area contributed by atoms with E-state index in [9.17, 15) is 8.42 Å². The molecule has 1 saturated heterocycles. The lowest BCUT2D eigenvalue weighted by atomic mass is 10.1. The molecule has 1 aliphatic heterocycles. The van der Waals surface area contributed by atoms with Gasteiger partial charge in [-0.15, -0.1) is 0 Å². The van der Waals surface area contributed by atoms with Gasteiger partial charge in [-0.1, -0.05) is 16.8 Å². The van der Waals surface area contributed by atoms with Crippen LogP contribution in [0.25, 0.3) is 0 Å². The van der Waals surface area contributed by atoms with E-state index in [1.807, 2.05) is 0 Å². The predicted molar refractivity (Wildman–Crippen MR) is 77.3 cm³/mol. The molecule has 1 aliphatic rings.